The highest BCUT2D eigenvalue weighted by molar-refractivity contribution is 7.18. The summed E-state index contributed by atoms with van der Waals surface area (Å²) in [6.45, 7) is 7.99. The zero-order valence-electron chi connectivity index (χ0n) is 19.7. The molecule has 178 valence electrons. The molecule has 1 amide bonds. The lowest BCUT2D eigenvalue weighted by molar-refractivity contribution is -0.137. The van der Waals surface area contributed by atoms with Crippen molar-refractivity contribution < 1.29 is 14.3 Å². The van der Waals surface area contributed by atoms with E-state index in [0.29, 0.717) is 19.1 Å². The number of hydrogen-bond donors (Lipinski definition) is 0. The lowest BCUT2D eigenvalue weighted by Gasteiger charge is -2.36. The number of carbonyl (C=O) groups excluding carboxylic acids is 1. The highest BCUT2D eigenvalue weighted by Gasteiger charge is 2.36. The summed E-state index contributed by atoms with van der Waals surface area (Å²) in [6.07, 6.45) is 5.43. The van der Waals surface area contributed by atoms with E-state index in [-0.39, 0.29) is 12.0 Å². The van der Waals surface area contributed by atoms with Gasteiger partial charge in [-0.3, -0.25) is 4.79 Å². The number of ether oxygens (including phenoxy) is 2. The molecule has 6 rings (SSSR count). The van der Waals surface area contributed by atoms with Crippen LogP contribution in [0.5, 0.6) is 11.5 Å². The second kappa shape index (κ2) is 8.73. The third-order valence-electron chi connectivity index (χ3n) is 7.58. The van der Waals surface area contributed by atoms with E-state index in [9.17, 15) is 4.79 Å². The highest BCUT2D eigenvalue weighted by atomic mass is 32.1. The number of aromatic nitrogens is 2. The molecule has 0 spiro atoms. The lowest BCUT2D eigenvalue weighted by Crippen LogP contribution is -2.42. The minimum Gasteiger partial charge on any atom is -0.486 e. The summed E-state index contributed by atoms with van der Waals surface area (Å²) in [5, 5.41) is 1.17. The fourth-order valence-corrected chi connectivity index (χ4v) is 6.61. The number of amides is 1. The van der Waals surface area contributed by atoms with Gasteiger partial charge >= 0.3 is 0 Å². The van der Waals surface area contributed by atoms with E-state index in [2.05, 4.69) is 45.7 Å². The van der Waals surface area contributed by atoms with Crippen LogP contribution in [0.25, 0.3) is 10.2 Å². The summed E-state index contributed by atoms with van der Waals surface area (Å²) in [5.41, 5.74) is 2.42. The molecule has 0 radical (unpaired) electrons. The van der Waals surface area contributed by atoms with E-state index in [1.807, 2.05) is 6.07 Å². The van der Waals surface area contributed by atoms with Crippen LogP contribution < -0.4 is 14.4 Å². The second-order valence-corrected chi connectivity index (χ2v) is 10.7. The van der Waals surface area contributed by atoms with Crippen molar-refractivity contribution >= 4 is 33.3 Å². The quantitative estimate of drug-likeness (QED) is 0.546. The molecule has 0 saturated carbocycles. The van der Waals surface area contributed by atoms with Crippen LogP contribution in [0, 0.1) is 19.8 Å². The zero-order chi connectivity index (χ0) is 23.2. The number of thiophene rings is 1. The first-order chi connectivity index (χ1) is 16.6. The zero-order valence-corrected chi connectivity index (χ0v) is 20.6. The fourth-order valence-electron chi connectivity index (χ4n) is 5.62. The SMILES string of the molecule is Cc1sc2ncnc(N3CCC(C(=O)N4CCCC4c4ccc5c(c4)OCCO5)CC3)c2c1C. The van der Waals surface area contributed by atoms with Gasteiger partial charge in [0.25, 0.3) is 0 Å². The number of carbonyl (C=O) groups is 1. The fraction of sp³-hybridized carbons (Fsp3) is 0.500. The maximum Gasteiger partial charge on any atom is 0.226 e. The Balaban J connectivity index is 1.16. The van der Waals surface area contributed by atoms with E-state index in [1.54, 1.807) is 17.7 Å². The monoisotopic (exact) mass is 478 g/mol. The summed E-state index contributed by atoms with van der Waals surface area (Å²) < 4.78 is 11.5. The molecule has 8 heteroatoms. The van der Waals surface area contributed by atoms with Gasteiger partial charge in [-0.15, -0.1) is 11.3 Å². The van der Waals surface area contributed by atoms with Crippen molar-refractivity contribution in [2.45, 2.75) is 45.6 Å². The summed E-state index contributed by atoms with van der Waals surface area (Å²) in [6, 6.07) is 6.27. The Morgan fingerprint density at radius 1 is 1.03 bits per heavy atom. The molecule has 3 aromatic rings. The molecular weight excluding hydrogens is 448 g/mol. The van der Waals surface area contributed by atoms with Crippen molar-refractivity contribution in [3.8, 4) is 11.5 Å². The molecule has 2 aromatic heterocycles. The molecule has 3 aliphatic rings. The van der Waals surface area contributed by atoms with E-state index in [1.165, 1.54) is 15.8 Å². The van der Waals surface area contributed by atoms with Crippen molar-refractivity contribution in [3.63, 3.8) is 0 Å². The first kappa shape index (κ1) is 21.6. The second-order valence-electron chi connectivity index (χ2n) is 9.51. The number of likely N-dealkylation sites (tertiary alicyclic amines) is 1. The van der Waals surface area contributed by atoms with Gasteiger partial charge < -0.3 is 19.3 Å². The molecular formula is C26H30N4O3S. The van der Waals surface area contributed by atoms with Crippen LogP contribution in [0.1, 0.15) is 47.7 Å². The van der Waals surface area contributed by atoms with Gasteiger partial charge in [-0.05, 0) is 62.8 Å². The van der Waals surface area contributed by atoms with Crippen LogP contribution in [0.2, 0.25) is 0 Å². The van der Waals surface area contributed by atoms with Crippen LogP contribution in [0.15, 0.2) is 24.5 Å². The number of anilines is 1. The molecule has 1 atom stereocenters. The van der Waals surface area contributed by atoms with Crippen molar-refractivity contribution in [2.24, 2.45) is 5.92 Å². The molecule has 0 N–H and O–H groups in total. The van der Waals surface area contributed by atoms with Gasteiger partial charge in [-0.2, -0.15) is 0 Å². The minimum atomic E-state index is 0.0664. The molecule has 5 heterocycles. The van der Waals surface area contributed by atoms with Gasteiger partial charge in [-0.25, -0.2) is 9.97 Å². The maximum atomic E-state index is 13.6. The number of fused-ring (bicyclic) bond motifs is 2. The Morgan fingerprint density at radius 3 is 2.65 bits per heavy atom. The van der Waals surface area contributed by atoms with Gasteiger partial charge in [0.15, 0.2) is 11.5 Å². The standard InChI is InChI=1S/C26H30N4O3S/c1-16-17(2)34-25-23(16)24(27-15-28-25)29-10-7-18(8-11-29)26(31)30-9-3-4-20(30)19-5-6-21-22(14-19)33-13-12-32-21/h5-6,14-15,18,20H,3-4,7-13H2,1-2H3. The van der Waals surface area contributed by atoms with Crippen molar-refractivity contribution in [1.82, 2.24) is 14.9 Å². The van der Waals surface area contributed by atoms with E-state index in [4.69, 9.17) is 9.47 Å². The van der Waals surface area contributed by atoms with E-state index < -0.39 is 0 Å². The predicted octanol–water partition coefficient (Wildman–Crippen LogP) is 4.66. The molecule has 3 aliphatic heterocycles. The number of rotatable bonds is 3. The minimum absolute atomic E-state index is 0.0664. The van der Waals surface area contributed by atoms with Gasteiger partial charge in [0, 0.05) is 30.4 Å². The van der Waals surface area contributed by atoms with Crippen LogP contribution in [0.4, 0.5) is 5.82 Å². The van der Waals surface area contributed by atoms with Crippen molar-refractivity contribution in [1.29, 1.82) is 0 Å². The Labute approximate surface area is 203 Å². The topological polar surface area (TPSA) is 67.8 Å². The molecule has 2 fully saturated rings. The molecule has 0 bridgehead atoms. The normalized spacial score (nSPS) is 20.8. The lowest BCUT2D eigenvalue weighted by atomic mass is 9.94. The van der Waals surface area contributed by atoms with Crippen LogP contribution in [-0.2, 0) is 4.79 Å². The smallest absolute Gasteiger partial charge is 0.226 e. The van der Waals surface area contributed by atoms with Crippen LogP contribution in [-0.4, -0.2) is 53.6 Å². The van der Waals surface area contributed by atoms with Crippen molar-refractivity contribution in [2.75, 3.05) is 37.7 Å². The molecule has 1 aromatic carbocycles. The predicted molar refractivity (Wildman–Crippen MR) is 133 cm³/mol. The number of aryl methyl sites for hydroxylation is 2. The summed E-state index contributed by atoms with van der Waals surface area (Å²) in [7, 11) is 0. The highest BCUT2D eigenvalue weighted by Crippen LogP contribution is 2.40. The van der Waals surface area contributed by atoms with Crippen LogP contribution >= 0.6 is 11.3 Å². The Morgan fingerprint density at radius 2 is 1.82 bits per heavy atom. The number of benzene rings is 1. The summed E-state index contributed by atoms with van der Waals surface area (Å²) in [5.74, 6) is 2.98. The molecule has 34 heavy (non-hydrogen) atoms. The third kappa shape index (κ3) is 3.68. The summed E-state index contributed by atoms with van der Waals surface area (Å²) in [4.78, 5) is 29.5. The third-order valence-corrected chi connectivity index (χ3v) is 8.69. The number of hydrogen-bond acceptors (Lipinski definition) is 7. The summed E-state index contributed by atoms with van der Waals surface area (Å²) >= 11 is 1.73. The average Bonchev–Trinajstić information content (AvgIpc) is 3.48. The van der Waals surface area contributed by atoms with Gasteiger partial charge in [0.1, 0.15) is 30.2 Å². The first-order valence-corrected chi connectivity index (χ1v) is 13.1. The largest absolute Gasteiger partial charge is 0.486 e. The van der Waals surface area contributed by atoms with Crippen molar-refractivity contribution in [3.05, 3.63) is 40.5 Å². The Hall–Kier alpha value is -2.87. The molecule has 1 unspecified atom stereocenters. The molecule has 0 aliphatic carbocycles. The van der Waals surface area contributed by atoms with Crippen LogP contribution in [0.3, 0.4) is 0 Å². The Kier molecular flexibility index (Phi) is 5.56. The van der Waals surface area contributed by atoms with E-state index in [0.717, 1.165) is 73.0 Å². The Bertz CT molecular complexity index is 1230. The maximum absolute atomic E-state index is 13.6. The number of nitrogens with zero attached hydrogens (tertiary/aromatic N) is 4. The van der Waals surface area contributed by atoms with Gasteiger partial charge in [0.05, 0.1) is 11.4 Å². The number of piperidine rings is 1. The van der Waals surface area contributed by atoms with E-state index >= 15 is 0 Å². The first-order valence-electron chi connectivity index (χ1n) is 12.3. The van der Waals surface area contributed by atoms with Gasteiger partial charge in [-0.1, -0.05) is 6.07 Å². The molecule has 7 nitrogen and oxygen atoms in total. The molecule has 2 saturated heterocycles. The van der Waals surface area contributed by atoms with Gasteiger partial charge in [0.2, 0.25) is 5.91 Å². The average molecular weight is 479 g/mol.